The highest BCUT2D eigenvalue weighted by Gasteiger charge is 2.28. The summed E-state index contributed by atoms with van der Waals surface area (Å²) in [4.78, 5) is 35.0. The Kier molecular flexibility index (Phi) is 6.71. The lowest BCUT2D eigenvalue weighted by Crippen LogP contribution is -2.57. The zero-order chi connectivity index (χ0) is 18.6. The molecule has 1 fully saturated rings. The number of hydrogen-bond donors (Lipinski definition) is 1. The summed E-state index contributed by atoms with van der Waals surface area (Å²) < 4.78 is 0. The predicted octanol–water partition coefficient (Wildman–Crippen LogP) is 0.600. The first-order valence-corrected chi connectivity index (χ1v) is 9.32. The van der Waals surface area contributed by atoms with E-state index in [2.05, 4.69) is 15.3 Å². The summed E-state index contributed by atoms with van der Waals surface area (Å²) in [6, 6.07) is 1.65. The number of thioether (sulfide) groups is 1. The van der Waals surface area contributed by atoms with Crippen LogP contribution in [0.1, 0.15) is 20.8 Å². The van der Waals surface area contributed by atoms with Gasteiger partial charge >= 0.3 is 6.03 Å². The van der Waals surface area contributed by atoms with Crippen LogP contribution in [-0.2, 0) is 4.79 Å². The number of piperazine rings is 1. The summed E-state index contributed by atoms with van der Waals surface area (Å²) in [5.41, 5.74) is 0. The van der Waals surface area contributed by atoms with Crippen molar-refractivity contribution in [3.8, 4) is 0 Å². The molecule has 25 heavy (non-hydrogen) atoms. The molecule has 2 heterocycles. The molecular weight excluding hydrogens is 366 g/mol. The second-order valence-electron chi connectivity index (χ2n) is 6.08. The maximum atomic E-state index is 12.2. The van der Waals surface area contributed by atoms with Gasteiger partial charge in [0.05, 0.1) is 5.97 Å². The van der Waals surface area contributed by atoms with Crippen LogP contribution >= 0.6 is 23.4 Å². The van der Waals surface area contributed by atoms with Gasteiger partial charge in [0.15, 0.2) is 5.16 Å². The summed E-state index contributed by atoms with van der Waals surface area (Å²) >= 11 is 6.99. The fourth-order valence-electron chi connectivity index (χ4n) is 2.53. The number of nitrogens with one attached hydrogen (secondary N) is 1. The Morgan fingerprint density at radius 1 is 1.44 bits per heavy atom. The number of amides is 2. The number of carboxylic acids is 1. The molecule has 2 amide bonds. The molecule has 0 radical (unpaired) electrons. The van der Waals surface area contributed by atoms with Crippen molar-refractivity contribution in [1.82, 2.24) is 20.2 Å². The molecule has 1 atom stereocenters. The van der Waals surface area contributed by atoms with Gasteiger partial charge in [-0.15, -0.1) is 0 Å². The molecular formula is C15H21ClN5O3S-. The van der Waals surface area contributed by atoms with E-state index in [9.17, 15) is 14.7 Å². The average molecular weight is 387 g/mol. The number of anilines is 1. The molecule has 0 aliphatic carbocycles. The van der Waals surface area contributed by atoms with Gasteiger partial charge in [-0.2, -0.15) is 0 Å². The van der Waals surface area contributed by atoms with E-state index in [4.69, 9.17) is 11.6 Å². The van der Waals surface area contributed by atoms with Crippen LogP contribution in [0.4, 0.5) is 10.6 Å². The van der Waals surface area contributed by atoms with Gasteiger partial charge in [-0.25, -0.2) is 14.8 Å². The molecule has 10 heteroatoms. The highest BCUT2D eigenvalue weighted by molar-refractivity contribution is 7.99. The third-order valence-electron chi connectivity index (χ3n) is 3.60. The molecule has 1 aromatic rings. The molecule has 1 saturated heterocycles. The highest BCUT2D eigenvalue weighted by atomic mass is 35.5. The van der Waals surface area contributed by atoms with Crippen LogP contribution in [0.25, 0.3) is 0 Å². The van der Waals surface area contributed by atoms with Gasteiger partial charge in [0.2, 0.25) is 0 Å². The van der Waals surface area contributed by atoms with Gasteiger partial charge in [-0.1, -0.05) is 23.4 Å². The summed E-state index contributed by atoms with van der Waals surface area (Å²) in [5.74, 6) is -0.801. The molecule has 1 aliphatic heterocycles. The second kappa shape index (κ2) is 8.57. The summed E-state index contributed by atoms with van der Waals surface area (Å²) in [6.07, 6.45) is 0. The number of nitrogens with zero attached hydrogens (tertiary/aromatic N) is 4. The number of carbonyl (C=O) groups is 2. The fourth-order valence-corrected chi connectivity index (χ4v) is 3.33. The summed E-state index contributed by atoms with van der Waals surface area (Å²) in [7, 11) is 0. The van der Waals surface area contributed by atoms with Crippen molar-refractivity contribution in [3.63, 3.8) is 0 Å². The molecule has 1 aromatic heterocycles. The van der Waals surface area contributed by atoms with E-state index in [1.807, 2.05) is 25.7 Å². The maximum Gasteiger partial charge on any atom is 0.317 e. The second-order valence-corrected chi connectivity index (χ2v) is 7.41. The lowest BCUT2D eigenvalue weighted by Gasteiger charge is -2.40. The molecule has 0 saturated carbocycles. The number of aliphatic carboxylic acids is 1. The van der Waals surface area contributed by atoms with E-state index in [0.29, 0.717) is 30.6 Å². The molecule has 1 aliphatic rings. The number of urea groups is 1. The number of rotatable bonds is 5. The lowest BCUT2D eigenvalue weighted by atomic mass is 10.2. The molecule has 2 rings (SSSR count). The van der Waals surface area contributed by atoms with Crippen molar-refractivity contribution >= 4 is 41.2 Å². The fraction of sp³-hybridized carbons (Fsp3) is 0.600. The Labute approximate surface area is 155 Å². The number of aromatic nitrogens is 2. The van der Waals surface area contributed by atoms with Crippen LogP contribution in [0.5, 0.6) is 0 Å². The molecule has 138 valence electrons. The number of carboxylic acid groups (broad SMARTS) is 1. The summed E-state index contributed by atoms with van der Waals surface area (Å²) in [6.45, 7) is 7.59. The molecule has 8 nitrogen and oxygen atoms in total. The van der Waals surface area contributed by atoms with Crippen molar-refractivity contribution in [2.45, 2.75) is 38.0 Å². The van der Waals surface area contributed by atoms with Gasteiger partial charge in [-0.05, 0) is 20.8 Å². The van der Waals surface area contributed by atoms with Gasteiger partial charge in [-0.3, -0.25) is 0 Å². The third-order valence-corrected chi connectivity index (χ3v) is 4.62. The number of halogens is 1. The Hall–Kier alpha value is -1.74. The van der Waals surface area contributed by atoms with Crippen LogP contribution in [-0.4, -0.2) is 64.3 Å². The van der Waals surface area contributed by atoms with Crippen molar-refractivity contribution in [2.24, 2.45) is 0 Å². The standard InChI is InChI=1S/C15H22ClN5O3S/c1-9(2)17-15(24)21-5-4-20(7-10(21)3)12-6-11(16)18-14(19-12)25-8-13(22)23/h6,9-10H,4-5,7-8H2,1-3H3,(H,17,24)(H,22,23)/p-1/t10-/m0/s1. The minimum absolute atomic E-state index is 0.000522. The summed E-state index contributed by atoms with van der Waals surface area (Å²) in [5, 5.41) is 14.0. The molecule has 1 N–H and O–H groups in total. The van der Waals surface area contributed by atoms with Crippen LogP contribution in [0.3, 0.4) is 0 Å². The topological polar surface area (TPSA) is 101 Å². The van der Waals surface area contributed by atoms with Gasteiger partial charge in [0.25, 0.3) is 0 Å². The van der Waals surface area contributed by atoms with E-state index >= 15 is 0 Å². The smallest absolute Gasteiger partial charge is 0.317 e. The zero-order valence-electron chi connectivity index (χ0n) is 14.4. The van der Waals surface area contributed by atoms with Crippen LogP contribution in [0, 0.1) is 0 Å². The average Bonchev–Trinajstić information content (AvgIpc) is 2.51. The number of carbonyl (C=O) groups excluding carboxylic acids is 2. The van der Waals surface area contributed by atoms with E-state index in [1.165, 1.54) is 0 Å². The first kappa shape index (κ1) is 19.6. The largest absolute Gasteiger partial charge is 0.549 e. The Bertz CT molecular complexity index is 646. The van der Waals surface area contributed by atoms with E-state index in [-0.39, 0.29) is 29.0 Å². The minimum atomic E-state index is -1.19. The molecule has 0 unspecified atom stereocenters. The maximum absolute atomic E-state index is 12.2. The van der Waals surface area contributed by atoms with E-state index in [0.717, 1.165) is 11.8 Å². The van der Waals surface area contributed by atoms with E-state index < -0.39 is 5.97 Å². The minimum Gasteiger partial charge on any atom is -0.549 e. The van der Waals surface area contributed by atoms with Crippen LogP contribution in [0.2, 0.25) is 5.15 Å². The Balaban J connectivity index is 2.06. The monoisotopic (exact) mass is 386 g/mol. The third kappa shape index (κ3) is 5.64. The lowest BCUT2D eigenvalue weighted by molar-refractivity contribution is -0.301. The normalized spacial score (nSPS) is 17.7. The SMILES string of the molecule is CC(C)NC(=O)N1CCN(c2cc(Cl)nc(SCC(=O)[O-])n2)C[C@@H]1C. The van der Waals surface area contributed by atoms with Crippen LogP contribution in [0.15, 0.2) is 11.2 Å². The van der Waals surface area contributed by atoms with Crippen molar-refractivity contribution in [2.75, 3.05) is 30.3 Å². The Morgan fingerprint density at radius 2 is 2.16 bits per heavy atom. The van der Waals surface area contributed by atoms with Gasteiger partial charge in [0.1, 0.15) is 11.0 Å². The van der Waals surface area contributed by atoms with Gasteiger partial charge < -0.3 is 25.0 Å². The highest BCUT2D eigenvalue weighted by Crippen LogP contribution is 2.23. The first-order valence-electron chi connectivity index (χ1n) is 7.95. The van der Waals surface area contributed by atoms with Crippen molar-refractivity contribution < 1.29 is 14.7 Å². The van der Waals surface area contributed by atoms with Gasteiger partial charge in [0, 0.05) is 43.5 Å². The van der Waals surface area contributed by atoms with E-state index in [1.54, 1.807) is 11.0 Å². The number of hydrogen-bond acceptors (Lipinski definition) is 7. The van der Waals surface area contributed by atoms with Crippen molar-refractivity contribution in [3.05, 3.63) is 11.2 Å². The Morgan fingerprint density at radius 3 is 2.76 bits per heavy atom. The quantitative estimate of drug-likeness (QED) is 0.449. The predicted molar refractivity (Wildman–Crippen MR) is 94.8 cm³/mol. The van der Waals surface area contributed by atoms with Crippen molar-refractivity contribution in [1.29, 1.82) is 0 Å². The molecule has 0 spiro atoms. The zero-order valence-corrected chi connectivity index (χ0v) is 15.9. The molecule has 0 aromatic carbocycles. The first-order chi connectivity index (χ1) is 11.8. The van der Waals surface area contributed by atoms with Crippen LogP contribution < -0.4 is 15.3 Å². The molecule has 0 bridgehead atoms.